The van der Waals surface area contributed by atoms with Gasteiger partial charge in [-0.3, -0.25) is 14.6 Å². The van der Waals surface area contributed by atoms with Gasteiger partial charge in [0, 0.05) is 31.7 Å². The molecule has 9 nitrogen and oxygen atoms in total. The highest BCUT2D eigenvalue weighted by Crippen LogP contribution is 2.32. The molecule has 1 saturated heterocycles. The van der Waals surface area contributed by atoms with Crippen LogP contribution in [-0.4, -0.2) is 61.4 Å². The lowest BCUT2D eigenvalue weighted by molar-refractivity contribution is -0.138. The maximum absolute atomic E-state index is 13.2. The zero-order valence-corrected chi connectivity index (χ0v) is 16.9. The molecule has 29 heavy (non-hydrogen) atoms. The monoisotopic (exact) mass is 398 g/mol. The van der Waals surface area contributed by atoms with Crippen molar-refractivity contribution in [3.63, 3.8) is 0 Å². The summed E-state index contributed by atoms with van der Waals surface area (Å²) in [6.45, 7) is 4.95. The highest BCUT2D eigenvalue weighted by atomic mass is 16.5. The molecule has 0 N–H and O–H groups in total. The highest BCUT2D eigenvalue weighted by molar-refractivity contribution is 5.92. The number of amides is 2. The van der Waals surface area contributed by atoms with Gasteiger partial charge in [-0.25, -0.2) is 4.98 Å². The number of rotatable bonds is 3. The third-order valence-electron chi connectivity index (χ3n) is 5.76. The third kappa shape index (κ3) is 4.13. The molecule has 0 spiro atoms. The largest absolute Gasteiger partial charge is 0.337 e. The van der Waals surface area contributed by atoms with Crippen LogP contribution in [0, 0.1) is 19.8 Å². The number of hydrogen-bond acceptors (Lipinski definition) is 7. The molecule has 1 unspecified atom stereocenters. The summed E-state index contributed by atoms with van der Waals surface area (Å²) in [4.78, 5) is 42.5. The van der Waals surface area contributed by atoms with E-state index >= 15 is 0 Å². The molecule has 2 aromatic heterocycles. The number of aromatic nitrogens is 4. The lowest BCUT2D eigenvalue weighted by Gasteiger charge is -2.29. The van der Waals surface area contributed by atoms with Crippen LogP contribution in [0.15, 0.2) is 16.9 Å². The van der Waals surface area contributed by atoms with Gasteiger partial charge in [0.25, 0.3) is 5.91 Å². The van der Waals surface area contributed by atoms with Crippen LogP contribution in [0.4, 0.5) is 0 Å². The quantitative estimate of drug-likeness (QED) is 0.779. The predicted octanol–water partition coefficient (Wildman–Crippen LogP) is 2.08. The molecule has 1 saturated carbocycles. The van der Waals surface area contributed by atoms with E-state index < -0.39 is 0 Å². The van der Waals surface area contributed by atoms with Gasteiger partial charge in [0.05, 0.1) is 11.9 Å². The summed E-state index contributed by atoms with van der Waals surface area (Å²) >= 11 is 0. The number of carbonyl (C=O) groups excluding carboxylic acids is 2. The summed E-state index contributed by atoms with van der Waals surface area (Å²) in [6, 6.07) is -0.314. The molecule has 2 fully saturated rings. The molecule has 1 aliphatic heterocycles. The number of nitrogens with zero attached hydrogens (tertiary/aromatic N) is 6. The summed E-state index contributed by atoms with van der Waals surface area (Å²) in [5, 5.41) is 3.90. The molecule has 0 aromatic carbocycles. The smallest absolute Gasteiger partial charge is 0.274 e. The Balaban J connectivity index is 1.56. The Labute approximate surface area is 169 Å². The number of carbonyl (C=O) groups is 2. The first-order valence-electron chi connectivity index (χ1n) is 10.2. The van der Waals surface area contributed by atoms with Gasteiger partial charge < -0.3 is 14.3 Å². The SMILES string of the molecule is Cc1cnc(C(=O)N2CCC(c3nc(C)no3)N(C(=O)C3CCCC3)CC2)cn1. The van der Waals surface area contributed by atoms with Crippen LogP contribution in [0.1, 0.15) is 66.0 Å². The molecule has 2 aliphatic rings. The highest BCUT2D eigenvalue weighted by Gasteiger charge is 2.37. The van der Waals surface area contributed by atoms with Crippen molar-refractivity contribution in [3.05, 3.63) is 35.5 Å². The van der Waals surface area contributed by atoms with Crippen molar-refractivity contribution >= 4 is 11.8 Å². The Morgan fingerprint density at radius 1 is 1.03 bits per heavy atom. The van der Waals surface area contributed by atoms with Crippen molar-refractivity contribution in [2.24, 2.45) is 5.92 Å². The first-order chi connectivity index (χ1) is 14.0. The Hall–Kier alpha value is -2.84. The second-order valence-corrected chi connectivity index (χ2v) is 7.83. The molecule has 2 aromatic rings. The standard InChI is InChI=1S/C20H26N6O3/c1-13-11-22-16(12-21-13)20(28)25-8-7-17(18-23-14(2)24-29-18)26(10-9-25)19(27)15-5-3-4-6-15/h11-12,15,17H,3-10H2,1-2H3. The fraction of sp³-hybridized carbons (Fsp3) is 0.600. The van der Waals surface area contributed by atoms with E-state index in [9.17, 15) is 9.59 Å². The van der Waals surface area contributed by atoms with Crippen LogP contribution < -0.4 is 0 Å². The Kier molecular flexibility index (Phi) is 5.55. The lowest BCUT2D eigenvalue weighted by atomic mass is 10.0. The van der Waals surface area contributed by atoms with Gasteiger partial charge in [-0.2, -0.15) is 4.98 Å². The van der Waals surface area contributed by atoms with Gasteiger partial charge in [0.15, 0.2) is 5.82 Å². The fourth-order valence-corrected chi connectivity index (χ4v) is 4.17. The average molecular weight is 398 g/mol. The van der Waals surface area contributed by atoms with Crippen LogP contribution in [0.2, 0.25) is 0 Å². The summed E-state index contributed by atoms with van der Waals surface area (Å²) < 4.78 is 5.42. The molecule has 0 radical (unpaired) electrons. The van der Waals surface area contributed by atoms with E-state index in [1.165, 1.54) is 6.20 Å². The van der Waals surface area contributed by atoms with Gasteiger partial charge in [0.2, 0.25) is 11.8 Å². The average Bonchev–Trinajstić information content (AvgIpc) is 3.35. The second kappa shape index (κ2) is 8.26. The van der Waals surface area contributed by atoms with Crippen LogP contribution in [0.3, 0.4) is 0 Å². The van der Waals surface area contributed by atoms with E-state index in [1.54, 1.807) is 18.0 Å². The maximum Gasteiger partial charge on any atom is 0.274 e. The van der Waals surface area contributed by atoms with Crippen molar-refractivity contribution in [1.82, 2.24) is 29.9 Å². The Bertz CT molecular complexity index is 875. The second-order valence-electron chi connectivity index (χ2n) is 7.83. The van der Waals surface area contributed by atoms with E-state index in [-0.39, 0.29) is 23.8 Å². The van der Waals surface area contributed by atoms with E-state index in [0.717, 1.165) is 31.4 Å². The molecular formula is C20H26N6O3. The van der Waals surface area contributed by atoms with Crippen LogP contribution in [-0.2, 0) is 4.79 Å². The van der Waals surface area contributed by atoms with E-state index in [0.29, 0.717) is 43.5 Å². The van der Waals surface area contributed by atoms with Gasteiger partial charge in [-0.05, 0) is 33.1 Å². The van der Waals surface area contributed by atoms with Crippen molar-refractivity contribution in [2.45, 2.75) is 52.0 Å². The maximum atomic E-state index is 13.2. The number of aryl methyl sites for hydroxylation is 2. The van der Waals surface area contributed by atoms with E-state index in [2.05, 4.69) is 20.1 Å². The van der Waals surface area contributed by atoms with Crippen molar-refractivity contribution in [3.8, 4) is 0 Å². The zero-order valence-electron chi connectivity index (χ0n) is 16.9. The summed E-state index contributed by atoms with van der Waals surface area (Å²) in [7, 11) is 0. The first-order valence-corrected chi connectivity index (χ1v) is 10.2. The predicted molar refractivity (Wildman–Crippen MR) is 103 cm³/mol. The fourth-order valence-electron chi connectivity index (χ4n) is 4.17. The minimum Gasteiger partial charge on any atom is -0.337 e. The molecule has 1 atom stereocenters. The minimum atomic E-state index is -0.314. The molecule has 0 bridgehead atoms. The van der Waals surface area contributed by atoms with Crippen LogP contribution in [0.5, 0.6) is 0 Å². The van der Waals surface area contributed by atoms with Gasteiger partial charge >= 0.3 is 0 Å². The summed E-state index contributed by atoms with van der Waals surface area (Å²) in [6.07, 6.45) is 7.66. The molecule has 2 amide bonds. The normalized spacial score (nSPS) is 20.7. The summed E-state index contributed by atoms with van der Waals surface area (Å²) in [5.41, 5.74) is 1.08. The molecule has 154 valence electrons. The topological polar surface area (TPSA) is 105 Å². The van der Waals surface area contributed by atoms with E-state index in [1.807, 2.05) is 11.8 Å². The number of hydrogen-bond donors (Lipinski definition) is 0. The first kappa shape index (κ1) is 19.5. The molecule has 3 heterocycles. The Morgan fingerprint density at radius 3 is 2.48 bits per heavy atom. The van der Waals surface area contributed by atoms with Crippen molar-refractivity contribution in [2.75, 3.05) is 19.6 Å². The molecule has 9 heteroatoms. The lowest BCUT2D eigenvalue weighted by Crippen LogP contribution is -2.41. The molecular weight excluding hydrogens is 372 g/mol. The third-order valence-corrected chi connectivity index (χ3v) is 5.76. The van der Waals surface area contributed by atoms with Crippen LogP contribution in [0.25, 0.3) is 0 Å². The molecule has 4 rings (SSSR count). The van der Waals surface area contributed by atoms with Gasteiger partial charge in [-0.15, -0.1) is 0 Å². The van der Waals surface area contributed by atoms with Crippen LogP contribution >= 0.6 is 0 Å². The van der Waals surface area contributed by atoms with Crippen molar-refractivity contribution in [1.29, 1.82) is 0 Å². The van der Waals surface area contributed by atoms with Gasteiger partial charge in [0.1, 0.15) is 11.7 Å². The minimum absolute atomic E-state index is 0.0479. The Morgan fingerprint density at radius 2 is 1.83 bits per heavy atom. The summed E-state index contributed by atoms with van der Waals surface area (Å²) in [5.74, 6) is 0.992. The zero-order chi connectivity index (χ0) is 20.4. The van der Waals surface area contributed by atoms with E-state index in [4.69, 9.17) is 4.52 Å². The van der Waals surface area contributed by atoms with Crippen molar-refractivity contribution < 1.29 is 14.1 Å². The van der Waals surface area contributed by atoms with Gasteiger partial charge in [-0.1, -0.05) is 18.0 Å². The molecule has 1 aliphatic carbocycles.